The number of hydrogen-bond acceptors (Lipinski definition) is 1. The first-order valence-corrected chi connectivity index (χ1v) is 11.8. The smallest absolute Gasteiger partial charge is 0.209 e. The monoisotopic (exact) mass is 565 g/mol. The summed E-state index contributed by atoms with van der Waals surface area (Å²) in [6.45, 7) is 7.88. The normalized spacial score (nSPS) is 14.6. The molecule has 176 valence electrons. The van der Waals surface area contributed by atoms with E-state index in [0.29, 0.717) is 0 Å². The van der Waals surface area contributed by atoms with Crippen molar-refractivity contribution in [3.05, 3.63) is 95.3 Å². The van der Waals surface area contributed by atoms with Gasteiger partial charge in [0, 0.05) is 41.8 Å². The number of phenols is 1. The fourth-order valence-corrected chi connectivity index (χ4v) is 4.49. The highest BCUT2D eigenvalue weighted by Gasteiger charge is 2.43. The summed E-state index contributed by atoms with van der Waals surface area (Å²) in [7, 11) is 2.00. The van der Waals surface area contributed by atoms with Crippen LogP contribution in [0.3, 0.4) is 0 Å². The molecule has 0 bridgehead atoms. The number of halogens is 1. The molecular formula is C30H34IN2O+. The Balaban J connectivity index is 0.00000324. The van der Waals surface area contributed by atoms with Gasteiger partial charge >= 0.3 is 0 Å². The fraction of sp³-hybridized carbons (Fsp3) is 0.267. The number of fused-ring (bicyclic) bond motifs is 1. The molecule has 3 aromatic rings. The zero-order valence-electron chi connectivity index (χ0n) is 20.5. The molecule has 0 saturated carbocycles. The quantitative estimate of drug-likeness (QED) is 0.346. The molecule has 0 atom stereocenters. The number of benzene rings is 2. The van der Waals surface area contributed by atoms with Gasteiger partial charge in [-0.15, -0.1) is 0 Å². The summed E-state index contributed by atoms with van der Waals surface area (Å²) >= 11 is 0. The van der Waals surface area contributed by atoms with Crippen LogP contribution in [0.2, 0.25) is 0 Å². The van der Waals surface area contributed by atoms with E-state index >= 15 is 0 Å². The summed E-state index contributed by atoms with van der Waals surface area (Å²) in [5.41, 5.74) is 6.95. The lowest BCUT2D eigenvalue weighted by molar-refractivity contribution is -0.671. The summed E-state index contributed by atoms with van der Waals surface area (Å²) < 4.78 is 4.48. The van der Waals surface area contributed by atoms with Gasteiger partial charge in [-0.25, -0.2) is 4.57 Å². The minimum atomic E-state index is -0.0516. The molecule has 1 aliphatic rings. The Kier molecular flexibility index (Phi) is 8.47. The van der Waals surface area contributed by atoms with Crippen LogP contribution in [0.1, 0.15) is 55.9 Å². The minimum Gasteiger partial charge on any atom is -1.00 e. The van der Waals surface area contributed by atoms with E-state index in [0.717, 1.165) is 29.7 Å². The van der Waals surface area contributed by atoms with Crippen LogP contribution < -0.4 is 28.5 Å². The highest BCUT2D eigenvalue weighted by Crippen LogP contribution is 2.40. The molecule has 4 heteroatoms. The largest absolute Gasteiger partial charge is 1.00 e. The topological polar surface area (TPSA) is 27.1 Å². The number of unbranched alkanes of at least 4 members (excludes halogenated alkanes) is 1. The van der Waals surface area contributed by atoms with E-state index in [2.05, 4.69) is 73.9 Å². The van der Waals surface area contributed by atoms with Crippen LogP contribution in [0.25, 0.3) is 18.2 Å². The summed E-state index contributed by atoms with van der Waals surface area (Å²) in [4.78, 5) is 0. The zero-order valence-corrected chi connectivity index (χ0v) is 22.7. The first kappa shape index (κ1) is 25.9. The minimum absolute atomic E-state index is 0. The summed E-state index contributed by atoms with van der Waals surface area (Å²) in [5, 5.41) is 10.4. The first-order chi connectivity index (χ1) is 15.9. The van der Waals surface area contributed by atoms with E-state index in [-0.39, 0.29) is 35.1 Å². The van der Waals surface area contributed by atoms with Crippen LogP contribution in [-0.2, 0) is 12.5 Å². The van der Waals surface area contributed by atoms with E-state index in [1.54, 1.807) is 6.07 Å². The number of aromatic hydroxyl groups is 1. The Morgan fingerprint density at radius 1 is 0.882 bits per heavy atom. The van der Waals surface area contributed by atoms with Gasteiger partial charge in [-0.2, -0.15) is 4.58 Å². The molecule has 0 amide bonds. The molecule has 1 N–H and O–H groups in total. The molecule has 0 aliphatic carbocycles. The van der Waals surface area contributed by atoms with E-state index in [1.165, 1.54) is 23.4 Å². The molecule has 1 aliphatic heterocycles. The molecule has 0 fully saturated rings. The van der Waals surface area contributed by atoms with Crippen molar-refractivity contribution < 1.29 is 38.2 Å². The molecule has 0 radical (unpaired) electrons. The average molecular weight is 566 g/mol. The number of pyridine rings is 1. The van der Waals surface area contributed by atoms with Gasteiger partial charge in [0.05, 0.1) is 5.41 Å². The number of nitrogens with zero attached hydrogens (tertiary/aromatic N) is 2. The predicted octanol–water partition coefficient (Wildman–Crippen LogP) is 3.28. The van der Waals surface area contributed by atoms with Crippen molar-refractivity contribution in [2.45, 2.75) is 39.0 Å². The Bertz CT molecular complexity index is 1240. The fourth-order valence-electron chi connectivity index (χ4n) is 4.49. The number of allylic oxidation sites excluding steroid dienone is 1. The highest BCUT2D eigenvalue weighted by atomic mass is 127. The number of aromatic nitrogens is 1. The van der Waals surface area contributed by atoms with Gasteiger partial charge in [0.25, 0.3) is 0 Å². The third-order valence-electron chi connectivity index (χ3n) is 6.48. The summed E-state index contributed by atoms with van der Waals surface area (Å²) in [6.07, 6.45) is 14.8. The van der Waals surface area contributed by atoms with Crippen LogP contribution in [0.15, 0.2) is 73.1 Å². The maximum absolute atomic E-state index is 10.4. The van der Waals surface area contributed by atoms with Crippen molar-refractivity contribution in [2.24, 2.45) is 7.05 Å². The van der Waals surface area contributed by atoms with Gasteiger partial charge in [-0.05, 0) is 43.2 Å². The van der Waals surface area contributed by atoms with Crippen molar-refractivity contribution in [1.29, 1.82) is 0 Å². The van der Waals surface area contributed by atoms with Gasteiger partial charge in [-0.1, -0.05) is 49.8 Å². The predicted molar refractivity (Wildman–Crippen MR) is 138 cm³/mol. The Morgan fingerprint density at radius 2 is 1.59 bits per heavy atom. The van der Waals surface area contributed by atoms with E-state index < -0.39 is 0 Å². The summed E-state index contributed by atoms with van der Waals surface area (Å²) in [6, 6.07) is 18.6. The third-order valence-corrected chi connectivity index (χ3v) is 6.48. The van der Waals surface area contributed by atoms with Crippen LogP contribution >= 0.6 is 0 Å². The van der Waals surface area contributed by atoms with Gasteiger partial charge in [-0.3, -0.25) is 0 Å². The Labute approximate surface area is 220 Å². The summed E-state index contributed by atoms with van der Waals surface area (Å²) in [5.74, 6) is 0.288. The SMILES string of the molecule is CCCC[N+]1=C(/C=C/c2ccc(O)c(/C=C/c3cc[n+](C)cc3)c2)C(C)(C)c2ccccc21.[I-]. The Morgan fingerprint density at radius 3 is 2.32 bits per heavy atom. The van der Waals surface area contributed by atoms with Crippen molar-refractivity contribution in [3.63, 3.8) is 0 Å². The molecule has 1 aromatic heterocycles. The van der Waals surface area contributed by atoms with Crippen molar-refractivity contribution >= 4 is 29.6 Å². The molecule has 34 heavy (non-hydrogen) atoms. The number of hydrogen-bond donors (Lipinski definition) is 1. The van der Waals surface area contributed by atoms with Crippen LogP contribution in [0.5, 0.6) is 5.75 Å². The number of phenolic OH excluding ortho intramolecular Hbond substituents is 1. The molecule has 0 spiro atoms. The lowest BCUT2D eigenvalue weighted by Crippen LogP contribution is -3.00. The standard InChI is InChI=1S/C30H33N2O.HI/c1-5-6-19-32-27-10-8-7-9-26(27)30(2,3)29(32)16-13-24-12-15-28(33)25(22-24)14-11-23-17-20-31(4)21-18-23;/h7-18,20-22H,5-6,19H2,1-4H3;1H/q+1;. The maximum atomic E-state index is 10.4. The van der Waals surface area contributed by atoms with Crippen LogP contribution in [-0.4, -0.2) is 21.9 Å². The van der Waals surface area contributed by atoms with Crippen LogP contribution in [0.4, 0.5) is 5.69 Å². The Hall–Kier alpha value is -2.73. The van der Waals surface area contributed by atoms with E-state index in [4.69, 9.17) is 0 Å². The molecular weight excluding hydrogens is 531 g/mol. The molecule has 4 rings (SSSR count). The second-order valence-electron chi connectivity index (χ2n) is 9.31. The van der Waals surface area contributed by atoms with Gasteiger partial charge < -0.3 is 29.1 Å². The maximum Gasteiger partial charge on any atom is 0.209 e. The van der Waals surface area contributed by atoms with E-state index in [1.807, 2.05) is 48.3 Å². The van der Waals surface area contributed by atoms with Crippen LogP contribution in [0, 0.1) is 0 Å². The lowest BCUT2D eigenvalue weighted by Gasteiger charge is -2.15. The number of aryl methyl sites for hydroxylation is 1. The lowest BCUT2D eigenvalue weighted by atomic mass is 9.81. The van der Waals surface area contributed by atoms with Crippen molar-refractivity contribution in [2.75, 3.05) is 6.54 Å². The highest BCUT2D eigenvalue weighted by molar-refractivity contribution is 6.05. The first-order valence-electron chi connectivity index (χ1n) is 11.8. The van der Waals surface area contributed by atoms with Crippen molar-refractivity contribution in [3.8, 4) is 5.75 Å². The molecule has 2 heterocycles. The van der Waals surface area contributed by atoms with Gasteiger partial charge in [0.1, 0.15) is 19.3 Å². The van der Waals surface area contributed by atoms with Crippen molar-refractivity contribution in [1.82, 2.24) is 0 Å². The molecule has 0 saturated heterocycles. The van der Waals surface area contributed by atoms with Gasteiger partial charge in [0.15, 0.2) is 18.1 Å². The molecule has 3 nitrogen and oxygen atoms in total. The average Bonchev–Trinajstić information content (AvgIpc) is 3.03. The molecule has 0 unspecified atom stereocenters. The second kappa shape index (κ2) is 11.1. The number of rotatable bonds is 7. The molecule has 2 aromatic carbocycles. The second-order valence-corrected chi connectivity index (χ2v) is 9.31. The number of para-hydroxylation sites is 1. The third kappa shape index (κ3) is 5.49. The van der Waals surface area contributed by atoms with Gasteiger partial charge in [0.2, 0.25) is 5.69 Å². The zero-order chi connectivity index (χ0) is 23.4. The van der Waals surface area contributed by atoms with E-state index in [9.17, 15) is 5.11 Å².